The minimum Gasteiger partial charge on any atom is -0.478 e. The Kier molecular flexibility index (Phi) is 2.63. The molecule has 0 radical (unpaired) electrons. The number of aromatic nitrogens is 1. The van der Waals surface area contributed by atoms with Crippen LogP contribution >= 0.6 is 11.8 Å². The molecule has 4 nitrogen and oxygen atoms in total. The van der Waals surface area contributed by atoms with Crippen molar-refractivity contribution in [1.29, 1.82) is 0 Å². The van der Waals surface area contributed by atoms with Gasteiger partial charge in [0.25, 0.3) is 5.56 Å². The Morgan fingerprint density at radius 3 is 2.94 bits per heavy atom. The van der Waals surface area contributed by atoms with E-state index in [0.717, 1.165) is 34.2 Å². The summed E-state index contributed by atoms with van der Waals surface area (Å²) in [6, 6.07) is 4.84. The number of carboxylic acid groups (broad SMARTS) is 1. The van der Waals surface area contributed by atoms with Gasteiger partial charge in [0.15, 0.2) is 0 Å². The molecule has 0 bridgehead atoms. The van der Waals surface area contributed by atoms with Crippen LogP contribution in [0.5, 0.6) is 0 Å². The highest BCUT2D eigenvalue weighted by Crippen LogP contribution is 2.28. The number of fused-ring (bicyclic) bond motifs is 3. The number of thioether (sulfide) groups is 1. The number of H-pyrrole nitrogens is 1. The van der Waals surface area contributed by atoms with Gasteiger partial charge in [-0.15, -0.1) is 0 Å². The number of hydrogen-bond acceptors (Lipinski definition) is 3. The number of pyridine rings is 1. The van der Waals surface area contributed by atoms with E-state index >= 15 is 0 Å². The summed E-state index contributed by atoms with van der Waals surface area (Å²) >= 11 is 1.73. The Labute approximate surface area is 107 Å². The van der Waals surface area contributed by atoms with E-state index in [2.05, 4.69) is 4.98 Å². The summed E-state index contributed by atoms with van der Waals surface area (Å²) in [5.74, 6) is 0.739. The van der Waals surface area contributed by atoms with E-state index in [0.29, 0.717) is 5.75 Å². The van der Waals surface area contributed by atoms with Gasteiger partial charge < -0.3 is 10.1 Å². The monoisotopic (exact) mass is 261 g/mol. The van der Waals surface area contributed by atoms with Crippen LogP contribution in [0.25, 0.3) is 10.9 Å². The molecule has 92 valence electrons. The maximum absolute atomic E-state index is 11.9. The first-order valence-electron chi connectivity index (χ1n) is 5.65. The van der Waals surface area contributed by atoms with Gasteiger partial charge in [-0.05, 0) is 35.9 Å². The maximum atomic E-state index is 11.9. The molecule has 0 saturated heterocycles. The molecule has 2 aromatic rings. The largest absolute Gasteiger partial charge is 0.478 e. The van der Waals surface area contributed by atoms with Crippen molar-refractivity contribution in [2.75, 3.05) is 5.75 Å². The van der Waals surface area contributed by atoms with Crippen LogP contribution in [0.2, 0.25) is 0 Å². The first kappa shape index (κ1) is 11.3. The Balaban J connectivity index is 2.36. The lowest BCUT2D eigenvalue weighted by Gasteiger charge is -2.16. The molecule has 0 fully saturated rings. The fourth-order valence-electron chi connectivity index (χ4n) is 2.32. The van der Waals surface area contributed by atoms with Crippen molar-refractivity contribution in [2.45, 2.75) is 12.2 Å². The smallest absolute Gasteiger partial charge is 0.335 e. The zero-order valence-electron chi connectivity index (χ0n) is 9.53. The SMILES string of the molecule is O=C(O)c1ccc2[nH]c(=O)c3c(c2c1)CCSC3. The van der Waals surface area contributed by atoms with Gasteiger partial charge in [0.1, 0.15) is 0 Å². The molecule has 2 heterocycles. The molecule has 1 aliphatic rings. The lowest BCUT2D eigenvalue weighted by Crippen LogP contribution is -2.19. The number of benzene rings is 1. The number of nitrogens with one attached hydrogen (secondary N) is 1. The predicted octanol–water partition coefficient (Wildman–Crippen LogP) is 2.02. The third-order valence-electron chi connectivity index (χ3n) is 3.22. The van der Waals surface area contributed by atoms with Crippen LogP contribution in [0.3, 0.4) is 0 Å². The molecule has 0 atom stereocenters. The second-order valence-corrected chi connectivity index (χ2v) is 5.38. The number of aromatic amines is 1. The summed E-state index contributed by atoms with van der Waals surface area (Å²) < 4.78 is 0. The van der Waals surface area contributed by atoms with Gasteiger partial charge in [-0.25, -0.2) is 4.79 Å². The van der Waals surface area contributed by atoms with Crippen molar-refractivity contribution < 1.29 is 9.90 Å². The minimum atomic E-state index is -0.943. The van der Waals surface area contributed by atoms with E-state index < -0.39 is 5.97 Å². The summed E-state index contributed by atoms with van der Waals surface area (Å²) in [6.07, 6.45) is 0.823. The van der Waals surface area contributed by atoms with E-state index in [9.17, 15) is 9.59 Å². The first-order valence-corrected chi connectivity index (χ1v) is 6.81. The standard InChI is InChI=1S/C13H11NO3S/c15-12-10-6-18-4-3-8(10)9-5-7(13(16)17)1-2-11(9)14-12/h1-2,5H,3-4,6H2,(H,14,15)(H,16,17). The van der Waals surface area contributed by atoms with Crippen molar-refractivity contribution in [3.63, 3.8) is 0 Å². The van der Waals surface area contributed by atoms with Crippen molar-refractivity contribution in [3.05, 3.63) is 45.2 Å². The van der Waals surface area contributed by atoms with Crippen molar-refractivity contribution >= 4 is 28.6 Å². The predicted molar refractivity (Wildman–Crippen MR) is 71.4 cm³/mol. The van der Waals surface area contributed by atoms with E-state index in [1.54, 1.807) is 23.9 Å². The van der Waals surface area contributed by atoms with Gasteiger partial charge >= 0.3 is 5.97 Å². The van der Waals surface area contributed by atoms with Crippen LogP contribution in [0.15, 0.2) is 23.0 Å². The maximum Gasteiger partial charge on any atom is 0.335 e. The van der Waals surface area contributed by atoms with Gasteiger partial charge in [0.2, 0.25) is 0 Å². The van der Waals surface area contributed by atoms with Gasteiger partial charge in [-0.1, -0.05) is 0 Å². The van der Waals surface area contributed by atoms with E-state index in [1.165, 1.54) is 6.07 Å². The summed E-state index contributed by atoms with van der Waals surface area (Å²) in [6.45, 7) is 0. The second kappa shape index (κ2) is 4.17. The summed E-state index contributed by atoms with van der Waals surface area (Å²) in [4.78, 5) is 25.7. The van der Waals surface area contributed by atoms with Crippen LogP contribution in [0.1, 0.15) is 21.5 Å². The number of carboxylic acids is 1. The topological polar surface area (TPSA) is 70.2 Å². The van der Waals surface area contributed by atoms with Gasteiger partial charge in [-0.3, -0.25) is 4.79 Å². The average molecular weight is 261 g/mol. The van der Waals surface area contributed by atoms with E-state index in [1.807, 2.05) is 0 Å². The third-order valence-corrected chi connectivity index (χ3v) is 4.21. The molecule has 0 saturated carbocycles. The van der Waals surface area contributed by atoms with Crippen molar-refractivity contribution in [1.82, 2.24) is 4.98 Å². The Morgan fingerprint density at radius 1 is 1.33 bits per heavy atom. The number of aryl methyl sites for hydroxylation is 1. The highest BCUT2D eigenvalue weighted by molar-refractivity contribution is 7.98. The zero-order chi connectivity index (χ0) is 12.7. The fraction of sp³-hybridized carbons (Fsp3) is 0.231. The van der Waals surface area contributed by atoms with Crippen LogP contribution in [0, 0.1) is 0 Å². The normalized spacial score (nSPS) is 14.4. The molecule has 3 rings (SSSR count). The molecular weight excluding hydrogens is 250 g/mol. The number of hydrogen-bond donors (Lipinski definition) is 2. The number of aromatic carboxylic acids is 1. The first-order chi connectivity index (χ1) is 8.66. The summed E-state index contributed by atoms with van der Waals surface area (Å²) in [7, 11) is 0. The van der Waals surface area contributed by atoms with Crippen LogP contribution < -0.4 is 5.56 Å². The van der Waals surface area contributed by atoms with E-state index in [4.69, 9.17) is 5.11 Å². The fourth-order valence-corrected chi connectivity index (χ4v) is 3.32. The molecule has 18 heavy (non-hydrogen) atoms. The lowest BCUT2D eigenvalue weighted by molar-refractivity contribution is 0.0697. The average Bonchev–Trinajstić information content (AvgIpc) is 2.38. The van der Waals surface area contributed by atoms with Crippen LogP contribution in [0.4, 0.5) is 0 Å². The molecule has 2 N–H and O–H groups in total. The molecule has 5 heteroatoms. The number of carbonyl (C=O) groups is 1. The molecule has 0 unspecified atom stereocenters. The number of rotatable bonds is 1. The van der Waals surface area contributed by atoms with Gasteiger partial charge in [0, 0.05) is 22.2 Å². The minimum absolute atomic E-state index is 0.0484. The molecule has 0 aliphatic carbocycles. The van der Waals surface area contributed by atoms with Gasteiger partial charge in [0.05, 0.1) is 5.56 Å². The molecule has 1 aromatic heterocycles. The highest BCUT2D eigenvalue weighted by atomic mass is 32.2. The third kappa shape index (κ3) is 1.71. The Hall–Kier alpha value is -1.75. The zero-order valence-corrected chi connectivity index (χ0v) is 10.3. The molecule has 1 aliphatic heterocycles. The second-order valence-electron chi connectivity index (χ2n) is 4.28. The van der Waals surface area contributed by atoms with Crippen molar-refractivity contribution in [3.8, 4) is 0 Å². The molecule has 0 amide bonds. The quantitative estimate of drug-likeness (QED) is 0.824. The Morgan fingerprint density at radius 2 is 2.17 bits per heavy atom. The summed E-state index contributed by atoms with van der Waals surface area (Å²) in [5, 5.41) is 9.89. The molecule has 0 spiro atoms. The van der Waals surface area contributed by atoms with Crippen LogP contribution in [-0.4, -0.2) is 21.8 Å². The summed E-state index contributed by atoms with van der Waals surface area (Å²) in [5.41, 5.74) is 2.73. The highest BCUT2D eigenvalue weighted by Gasteiger charge is 2.17. The van der Waals surface area contributed by atoms with Crippen molar-refractivity contribution in [2.24, 2.45) is 0 Å². The molecular formula is C13H11NO3S. The van der Waals surface area contributed by atoms with Crippen LogP contribution in [-0.2, 0) is 12.2 Å². The molecule has 1 aromatic carbocycles. The lowest BCUT2D eigenvalue weighted by atomic mass is 10.00. The van der Waals surface area contributed by atoms with Gasteiger partial charge in [-0.2, -0.15) is 11.8 Å². The Bertz CT molecular complexity index is 705. The van der Waals surface area contributed by atoms with E-state index in [-0.39, 0.29) is 11.1 Å².